The maximum atomic E-state index is 6.68. The summed E-state index contributed by atoms with van der Waals surface area (Å²) in [5, 5.41) is 1.88. The third kappa shape index (κ3) is 4.28. The molecule has 3 nitrogen and oxygen atoms in total. The number of para-hydroxylation sites is 1. The summed E-state index contributed by atoms with van der Waals surface area (Å²) in [6, 6.07) is 21.5. The van der Waals surface area contributed by atoms with Crippen LogP contribution >= 0.6 is 11.6 Å². The topological polar surface area (TPSA) is 20.5 Å². The van der Waals surface area contributed by atoms with E-state index in [1.807, 2.05) is 24.4 Å². The fraction of sp³-hybridized carbons (Fsp3) is 0.233. The molecule has 1 aliphatic heterocycles. The van der Waals surface area contributed by atoms with Crippen molar-refractivity contribution in [3.8, 4) is 0 Å². The van der Waals surface area contributed by atoms with Gasteiger partial charge in [-0.05, 0) is 65.8 Å². The average molecular weight is 468 g/mol. The number of rotatable bonds is 6. The van der Waals surface area contributed by atoms with Crippen molar-refractivity contribution >= 4 is 46.2 Å². The molecule has 4 heteroatoms. The van der Waals surface area contributed by atoms with Gasteiger partial charge in [-0.3, -0.25) is 4.99 Å². The van der Waals surface area contributed by atoms with Gasteiger partial charge in [-0.25, -0.2) is 0 Å². The second-order valence-electron chi connectivity index (χ2n) is 9.04. The van der Waals surface area contributed by atoms with Crippen LogP contribution in [0.1, 0.15) is 41.3 Å². The van der Waals surface area contributed by atoms with Gasteiger partial charge in [0.25, 0.3) is 0 Å². The molecule has 3 aromatic carbocycles. The first-order valence-corrected chi connectivity index (χ1v) is 12.4. The van der Waals surface area contributed by atoms with Crippen LogP contribution < -0.4 is 4.90 Å². The lowest BCUT2D eigenvalue weighted by atomic mass is 9.98. The van der Waals surface area contributed by atoms with Crippen molar-refractivity contribution in [1.82, 2.24) is 4.57 Å². The van der Waals surface area contributed by atoms with Gasteiger partial charge in [0, 0.05) is 25.5 Å². The lowest BCUT2D eigenvalue weighted by Gasteiger charge is -2.29. The molecule has 5 rings (SSSR count). The lowest BCUT2D eigenvalue weighted by Crippen LogP contribution is -2.24. The first-order valence-electron chi connectivity index (χ1n) is 12.0. The highest BCUT2D eigenvalue weighted by Gasteiger charge is 2.18. The Labute approximate surface area is 207 Å². The van der Waals surface area contributed by atoms with Crippen molar-refractivity contribution in [2.24, 2.45) is 4.99 Å². The Hall–Kier alpha value is -3.30. The van der Waals surface area contributed by atoms with Gasteiger partial charge in [0.15, 0.2) is 0 Å². The molecule has 172 valence electrons. The number of aryl methyl sites for hydroxylation is 2. The minimum atomic E-state index is 0.739. The van der Waals surface area contributed by atoms with Crippen molar-refractivity contribution in [3.05, 3.63) is 100 Å². The predicted molar refractivity (Wildman–Crippen MR) is 147 cm³/mol. The maximum Gasteiger partial charge on any atom is 0.0872 e. The normalized spacial score (nSPS) is 13.6. The van der Waals surface area contributed by atoms with Crippen LogP contribution in [-0.4, -0.2) is 24.4 Å². The number of hydrogen-bond donors (Lipinski definition) is 0. The van der Waals surface area contributed by atoms with Crippen LogP contribution in [0.5, 0.6) is 0 Å². The Balaban J connectivity index is 1.60. The number of hydrogen-bond acceptors (Lipinski definition) is 2. The number of fused-ring (bicyclic) bond motifs is 2. The van der Waals surface area contributed by atoms with E-state index in [-0.39, 0.29) is 0 Å². The molecule has 0 atom stereocenters. The molecular weight excluding hydrogens is 438 g/mol. The monoisotopic (exact) mass is 467 g/mol. The molecule has 0 bridgehead atoms. The molecule has 0 radical (unpaired) electrons. The highest BCUT2D eigenvalue weighted by molar-refractivity contribution is 6.35. The zero-order valence-electron chi connectivity index (χ0n) is 19.9. The first-order chi connectivity index (χ1) is 16.6. The fourth-order valence-electron chi connectivity index (χ4n) is 4.94. The molecule has 4 aromatic rings. The van der Waals surface area contributed by atoms with Crippen molar-refractivity contribution in [2.75, 3.05) is 18.5 Å². The van der Waals surface area contributed by atoms with Gasteiger partial charge in [-0.2, -0.15) is 0 Å². The first kappa shape index (κ1) is 22.5. The van der Waals surface area contributed by atoms with Crippen LogP contribution in [-0.2, 0) is 19.4 Å². The summed E-state index contributed by atoms with van der Waals surface area (Å²) in [6.07, 6.45) is 7.18. The summed E-state index contributed by atoms with van der Waals surface area (Å²) in [6.45, 7) is 7.95. The summed E-state index contributed by atoms with van der Waals surface area (Å²) in [4.78, 5) is 7.34. The van der Waals surface area contributed by atoms with Crippen molar-refractivity contribution < 1.29 is 0 Å². The van der Waals surface area contributed by atoms with Gasteiger partial charge < -0.3 is 9.47 Å². The van der Waals surface area contributed by atoms with Crippen LogP contribution in [0.15, 0.2) is 72.2 Å². The summed E-state index contributed by atoms with van der Waals surface area (Å²) < 4.78 is 2.27. The second kappa shape index (κ2) is 9.52. The van der Waals surface area contributed by atoms with Gasteiger partial charge in [0.1, 0.15) is 0 Å². The molecular formula is C30H30ClN3. The molecule has 0 fully saturated rings. The number of aromatic nitrogens is 1. The molecule has 0 amide bonds. The Bertz CT molecular complexity index is 1380. The summed E-state index contributed by atoms with van der Waals surface area (Å²) in [5.74, 6) is 0. The van der Waals surface area contributed by atoms with E-state index in [1.165, 1.54) is 22.4 Å². The summed E-state index contributed by atoms with van der Waals surface area (Å²) >= 11 is 6.68. The third-order valence-electron chi connectivity index (χ3n) is 6.76. The average Bonchev–Trinajstić information content (AvgIpc) is 3.21. The summed E-state index contributed by atoms with van der Waals surface area (Å²) in [7, 11) is 2.15. The van der Waals surface area contributed by atoms with E-state index in [4.69, 9.17) is 16.6 Å². The predicted octanol–water partition coefficient (Wildman–Crippen LogP) is 7.68. The van der Waals surface area contributed by atoms with Crippen LogP contribution in [0.25, 0.3) is 17.0 Å². The number of benzene rings is 3. The van der Waals surface area contributed by atoms with Crippen LogP contribution in [0, 0.1) is 0 Å². The Morgan fingerprint density at radius 1 is 1.06 bits per heavy atom. The van der Waals surface area contributed by atoms with Crippen molar-refractivity contribution in [2.45, 2.75) is 32.7 Å². The Morgan fingerprint density at radius 2 is 1.85 bits per heavy atom. The van der Waals surface area contributed by atoms with Gasteiger partial charge in [0.05, 0.1) is 33.8 Å². The molecule has 34 heavy (non-hydrogen) atoms. The van der Waals surface area contributed by atoms with Crippen molar-refractivity contribution in [3.63, 3.8) is 0 Å². The standard InChI is InChI=1S/C30H30ClN3/c1-4-21-11-13-23(14-12-21)20-34-26(18-25-8-6-10-27(31)29(25)34)19-32-28-17-22(5-2)16-24-9-7-15-33(3)30(24)28/h5-6,8,10-14,16-19H,2,4,7,9,15,20H2,1,3H3/b32-19+. The molecule has 2 heterocycles. The largest absolute Gasteiger partial charge is 0.373 e. The number of anilines is 1. The second-order valence-corrected chi connectivity index (χ2v) is 9.45. The lowest BCUT2D eigenvalue weighted by molar-refractivity contribution is 0.745. The highest BCUT2D eigenvalue weighted by atomic mass is 35.5. The van der Waals surface area contributed by atoms with Crippen LogP contribution in [0.4, 0.5) is 11.4 Å². The van der Waals surface area contributed by atoms with E-state index in [9.17, 15) is 0 Å². The SMILES string of the molecule is C=Cc1cc2c(c(/N=C/c3cc4cccc(Cl)c4n3Cc3ccc(CC)cc3)c1)N(C)CCC2. The van der Waals surface area contributed by atoms with E-state index in [1.54, 1.807) is 0 Å². The molecule has 0 aliphatic carbocycles. The van der Waals surface area contributed by atoms with E-state index in [0.717, 1.165) is 65.2 Å². The minimum Gasteiger partial charge on any atom is -0.373 e. The third-order valence-corrected chi connectivity index (χ3v) is 7.06. The van der Waals surface area contributed by atoms with E-state index >= 15 is 0 Å². The zero-order chi connectivity index (χ0) is 23.7. The molecule has 0 spiro atoms. The van der Waals surface area contributed by atoms with Crippen LogP contribution in [0.3, 0.4) is 0 Å². The van der Waals surface area contributed by atoms with Crippen molar-refractivity contribution in [1.29, 1.82) is 0 Å². The van der Waals surface area contributed by atoms with Gasteiger partial charge in [0.2, 0.25) is 0 Å². The molecule has 0 N–H and O–H groups in total. The molecule has 1 aliphatic rings. The molecule has 1 aromatic heterocycles. The van der Waals surface area contributed by atoms with Crippen LogP contribution in [0.2, 0.25) is 5.02 Å². The Morgan fingerprint density at radius 3 is 2.62 bits per heavy atom. The zero-order valence-corrected chi connectivity index (χ0v) is 20.6. The van der Waals surface area contributed by atoms with E-state index in [0.29, 0.717) is 0 Å². The smallest absolute Gasteiger partial charge is 0.0872 e. The minimum absolute atomic E-state index is 0.739. The van der Waals surface area contributed by atoms with E-state index < -0.39 is 0 Å². The van der Waals surface area contributed by atoms with Gasteiger partial charge >= 0.3 is 0 Å². The summed E-state index contributed by atoms with van der Waals surface area (Å²) in [5.41, 5.74) is 9.35. The number of aliphatic imine (C=N–C) groups is 1. The fourth-order valence-corrected chi connectivity index (χ4v) is 5.23. The quantitative estimate of drug-likeness (QED) is 0.266. The molecule has 0 unspecified atom stereocenters. The van der Waals surface area contributed by atoms with E-state index in [2.05, 4.69) is 78.5 Å². The Kier molecular flexibility index (Phi) is 6.30. The molecule has 0 saturated carbocycles. The highest BCUT2D eigenvalue weighted by Crippen LogP contribution is 2.37. The van der Waals surface area contributed by atoms with Gasteiger partial charge in [-0.15, -0.1) is 0 Å². The number of halogens is 1. The maximum absolute atomic E-state index is 6.68. The van der Waals surface area contributed by atoms with Gasteiger partial charge in [-0.1, -0.05) is 67.6 Å². The molecule has 0 saturated heterocycles. The number of nitrogens with zero attached hydrogens (tertiary/aromatic N) is 3.